The number of anilines is 1. The van der Waals surface area contributed by atoms with Gasteiger partial charge in [0.25, 0.3) is 0 Å². The number of hydrogen-bond donors (Lipinski definition) is 2. The molecule has 0 atom stereocenters. The summed E-state index contributed by atoms with van der Waals surface area (Å²) >= 11 is 18.9. The molecule has 0 unspecified atom stereocenters. The van der Waals surface area contributed by atoms with Crippen LogP contribution in [0, 0.1) is 0 Å². The highest BCUT2D eigenvalue weighted by molar-refractivity contribution is 6.36. The van der Waals surface area contributed by atoms with Crippen LogP contribution in [0.25, 0.3) is 28.1 Å². The maximum absolute atomic E-state index is 12.2. The lowest BCUT2D eigenvalue weighted by Crippen LogP contribution is -2.61. The van der Waals surface area contributed by atoms with Crippen molar-refractivity contribution in [2.75, 3.05) is 24.5 Å². The summed E-state index contributed by atoms with van der Waals surface area (Å²) in [5.74, 6) is 0.933. The first-order chi connectivity index (χ1) is 17.3. The molecule has 1 saturated heterocycles. The number of aromatic nitrogens is 4. The van der Waals surface area contributed by atoms with Crippen LogP contribution in [0.5, 0.6) is 0 Å². The summed E-state index contributed by atoms with van der Waals surface area (Å²) in [6.45, 7) is 3.79. The molecule has 3 heterocycles. The largest absolute Gasteiger partial charge is 0.368 e. The Morgan fingerprint density at radius 2 is 1.78 bits per heavy atom. The van der Waals surface area contributed by atoms with Gasteiger partial charge in [0.2, 0.25) is 5.91 Å². The number of imidazole rings is 1. The van der Waals surface area contributed by atoms with Gasteiger partial charge >= 0.3 is 0 Å². The number of carbonyl (C=O) groups is 1. The average molecular weight is 545 g/mol. The molecule has 0 aliphatic carbocycles. The average Bonchev–Trinajstić information content (AvgIpc) is 3.24. The van der Waals surface area contributed by atoms with Crippen molar-refractivity contribution in [2.24, 2.45) is 5.73 Å². The zero-order chi connectivity index (χ0) is 25.4. The summed E-state index contributed by atoms with van der Waals surface area (Å²) in [6.07, 6.45) is 2.80. The van der Waals surface area contributed by atoms with E-state index in [4.69, 9.17) is 45.5 Å². The Hall–Kier alpha value is -2.91. The normalized spacial score (nSPS) is 15.4. The molecular formula is C25H24Cl3N7O. The molecule has 2 aromatic carbocycles. The zero-order valence-corrected chi connectivity index (χ0v) is 21.8. The lowest BCUT2D eigenvalue weighted by atomic mass is 9.86. The van der Waals surface area contributed by atoms with Crippen molar-refractivity contribution in [1.29, 1.82) is 0 Å². The Balaban J connectivity index is 1.64. The van der Waals surface area contributed by atoms with E-state index in [-0.39, 0.29) is 5.91 Å². The van der Waals surface area contributed by atoms with Gasteiger partial charge < -0.3 is 16.0 Å². The van der Waals surface area contributed by atoms with Crippen LogP contribution in [0.4, 0.5) is 5.82 Å². The minimum absolute atomic E-state index is 0.333. The third-order valence-corrected chi connectivity index (χ3v) is 7.42. The number of primary amides is 1. The van der Waals surface area contributed by atoms with Crippen LogP contribution in [0.3, 0.4) is 0 Å². The van der Waals surface area contributed by atoms with Gasteiger partial charge in [-0.1, -0.05) is 41.7 Å². The number of amides is 1. The molecule has 1 fully saturated rings. The third kappa shape index (κ3) is 4.39. The molecule has 1 aliphatic rings. The fourth-order valence-electron chi connectivity index (χ4n) is 4.77. The van der Waals surface area contributed by atoms with E-state index in [0.29, 0.717) is 64.7 Å². The molecule has 1 amide bonds. The Morgan fingerprint density at radius 3 is 2.42 bits per heavy atom. The number of halogens is 3. The first-order valence-electron chi connectivity index (χ1n) is 11.6. The summed E-state index contributed by atoms with van der Waals surface area (Å²) in [4.78, 5) is 19.3. The Labute approximate surface area is 223 Å². The lowest BCUT2D eigenvalue weighted by molar-refractivity contribution is -0.125. The Morgan fingerprint density at radius 1 is 1.08 bits per heavy atom. The number of nitrogens with two attached hydrogens (primary N) is 1. The number of nitrogens with zero attached hydrogens (tertiary/aromatic N) is 5. The summed E-state index contributed by atoms with van der Waals surface area (Å²) in [5, 5.41) is 13.7. The number of hydrogen-bond acceptors (Lipinski definition) is 6. The van der Waals surface area contributed by atoms with Crippen LogP contribution >= 0.6 is 34.8 Å². The topological polar surface area (TPSA) is 102 Å². The van der Waals surface area contributed by atoms with Crippen LogP contribution < -0.4 is 16.0 Å². The molecule has 0 radical (unpaired) electrons. The molecule has 5 rings (SSSR count). The monoisotopic (exact) mass is 543 g/mol. The molecule has 0 saturated carbocycles. The minimum atomic E-state index is -0.725. The van der Waals surface area contributed by atoms with Gasteiger partial charge in [0.05, 0.1) is 16.7 Å². The van der Waals surface area contributed by atoms with Crippen molar-refractivity contribution in [1.82, 2.24) is 25.1 Å². The van der Waals surface area contributed by atoms with E-state index in [1.807, 2.05) is 41.8 Å². The molecule has 0 bridgehead atoms. The van der Waals surface area contributed by atoms with Gasteiger partial charge in [0.15, 0.2) is 5.82 Å². The summed E-state index contributed by atoms with van der Waals surface area (Å²) in [5.41, 5.74) is 8.04. The van der Waals surface area contributed by atoms with Crippen LogP contribution in [0.15, 0.2) is 48.7 Å². The highest BCUT2D eigenvalue weighted by atomic mass is 35.5. The van der Waals surface area contributed by atoms with Crippen molar-refractivity contribution < 1.29 is 4.79 Å². The first kappa shape index (κ1) is 24.8. The minimum Gasteiger partial charge on any atom is -0.368 e. The number of fused-ring (bicyclic) bond motifs is 1. The molecule has 36 heavy (non-hydrogen) atoms. The summed E-state index contributed by atoms with van der Waals surface area (Å²) in [6, 6.07) is 12.8. The number of likely N-dealkylation sites (N-methyl/N-ethyl adjacent to an activating group) is 1. The van der Waals surface area contributed by atoms with Crippen LogP contribution in [0.1, 0.15) is 19.8 Å². The standard InChI is InChI=1S/C25H24Cl3N7O/c1-2-30-25(24(29)36)9-11-34(12-10-25)23-21-20(14-31-33-23)35(17-6-3-15(26)4-7-17)22(32-21)18-8-5-16(27)13-19(18)28/h3-8,13-14,30H,2,9-12H2,1H3,(H2,29,36). The second kappa shape index (κ2) is 9.86. The fourth-order valence-corrected chi connectivity index (χ4v) is 5.39. The fraction of sp³-hybridized carbons (Fsp3) is 0.280. The maximum Gasteiger partial charge on any atom is 0.237 e. The van der Waals surface area contributed by atoms with Crippen molar-refractivity contribution >= 4 is 57.6 Å². The number of rotatable bonds is 6. The molecule has 4 aromatic rings. The predicted octanol–water partition coefficient (Wildman–Crippen LogP) is 4.88. The van der Waals surface area contributed by atoms with E-state index >= 15 is 0 Å². The molecular weight excluding hydrogens is 521 g/mol. The second-order valence-corrected chi connectivity index (χ2v) is 10.0. The molecule has 8 nitrogen and oxygen atoms in total. The molecule has 186 valence electrons. The van der Waals surface area contributed by atoms with E-state index in [0.717, 1.165) is 16.8 Å². The zero-order valence-electron chi connectivity index (χ0n) is 19.5. The predicted molar refractivity (Wildman–Crippen MR) is 144 cm³/mol. The Bertz CT molecular complexity index is 1430. The molecule has 0 spiro atoms. The van der Waals surface area contributed by atoms with E-state index in [9.17, 15) is 4.79 Å². The Kier molecular flexibility index (Phi) is 6.78. The SMILES string of the molecule is CCNC1(C(N)=O)CCN(c2nncc3c2nc(-c2ccc(Cl)cc2Cl)n3-c2ccc(Cl)cc2)CC1. The van der Waals surface area contributed by atoms with Gasteiger partial charge in [-0.25, -0.2) is 4.98 Å². The number of nitrogens with one attached hydrogen (secondary N) is 1. The van der Waals surface area contributed by atoms with Crippen molar-refractivity contribution in [3.8, 4) is 17.1 Å². The molecule has 3 N–H and O–H groups in total. The highest BCUT2D eigenvalue weighted by Gasteiger charge is 2.40. The smallest absolute Gasteiger partial charge is 0.237 e. The molecule has 2 aromatic heterocycles. The van der Waals surface area contributed by atoms with E-state index in [1.165, 1.54) is 0 Å². The van der Waals surface area contributed by atoms with Gasteiger partial charge in [0.1, 0.15) is 16.9 Å². The number of piperidine rings is 1. The first-order valence-corrected chi connectivity index (χ1v) is 12.7. The van der Waals surface area contributed by atoms with Gasteiger partial charge in [-0.3, -0.25) is 9.36 Å². The summed E-state index contributed by atoms with van der Waals surface area (Å²) < 4.78 is 1.98. The van der Waals surface area contributed by atoms with Gasteiger partial charge in [0, 0.05) is 34.4 Å². The number of benzene rings is 2. The quantitative estimate of drug-likeness (QED) is 0.359. The summed E-state index contributed by atoms with van der Waals surface area (Å²) in [7, 11) is 0. The third-order valence-electron chi connectivity index (χ3n) is 6.62. The second-order valence-electron chi connectivity index (χ2n) is 8.74. The van der Waals surface area contributed by atoms with Gasteiger partial charge in [-0.15, -0.1) is 5.10 Å². The van der Waals surface area contributed by atoms with E-state index in [1.54, 1.807) is 18.3 Å². The van der Waals surface area contributed by atoms with Crippen molar-refractivity contribution in [3.05, 3.63) is 63.7 Å². The molecule has 1 aliphatic heterocycles. The van der Waals surface area contributed by atoms with Gasteiger partial charge in [-0.05, 0) is 61.9 Å². The van der Waals surface area contributed by atoms with Crippen LogP contribution in [0.2, 0.25) is 15.1 Å². The van der Waals surface area contributed by atoms with Gasteiger partial charge in [-0.2, -0.15) is 5.10 Å². The van der Waals surface area contributed by atoms with E-state index in [2.05, 4.69) is 20.4 Å². The molecule has 11 heteroatoms. The van der Waals surface area contributed by atoms with E-state index < -0.39 is 5.54 Å². The van der Waals surface area contributed by atoms with Crippen LogP contribution in [-0.2, 0) is 4.79 Å². The number of carbonyl (C=O) groups excluding carboxylic acids is 1. The van der Waals surface area contributed by atoms with Crippen molar-refractivity contribution in [3.63, 3.8) is 0 Å². The highest BCUT2D eigenvalue weighted by Crippen LogP contribution is 2.37. The maximum atomic E-state index is 12.2. The van der Waals surface area contributed by atoms with Crippen LogP contribution in [-0.4, -0.2) is 50.8 Å². The lowest BCUT2D eigenvalue weighted by Gasteiger charge is -2.40. The van der Waals surface area contributed by atoms with Crippen molar-refractivity contribution in [2.45, 2.75) is 25.3 Å².